The van der Waals surface area contributed by atoms with Crippen LogP contribution in [0.5, 0.6) is 0 Å². The van der Waals surface area contributed by atoms with Crippen LogP contribution >= 0.6 is 0 Å². The summed E-state index contributed by atoms with van der Waals surface area (Å²) in [7, 11) is -1.07. The van der Waals surface area contributed by atoms with E-state index in [0.717, 1.165) is 12.8 Å². The van der Waals surface area contributed by atoms with Gasteiger partial charge in [0.1, 0.15) is 11.0 Å². The van der Waals surface area contributed by atoms with Crippen LogP contribution in [0, 0.1) is 0 Å². The van der Waals surface area contributed by atoms with Crippen LogP contribution < -0.4 is 0 Å². The zero-order chi connectivity index (χ0) is 8.91. The lowest BCUT2D eigenvalue weighted by Gasteiger charge is -2.12. The molecule has 0 aromatic rings. The van der Waals surface area contributed by atoms with Gasteiger partial charge in [0.25, 0.3) is 0 Å². The van der Waals surface area contributed by atoms with Crippen molar-refractivity contribution in [1.29, 1.82) is 0 Å². The fourth-order valence-electron chi connectivity index (χ4n) is 0.408. The highest BCUT2D eigenvalue weighted by molar-refractivity contribution is 7.85. The lowest BCUT2D eigenvalue weighted by atomic mass is 10.3. The van der Waals surface area contributed by atoms with E-state index in [4.69, 9.17) is 0 Å². The molecular formula is C8H17NOS. The third kappa shape index (κ3) is 5.13. The topological polar surface area (TPSA) is 29.4 Å². The van der Waals surface area contributed by atoms with Crippen LogP contribution in [0.15, 0.2) is 4.40 Å². The first-order valence-electron chi connectivity index (χ1n) is 3.93. The Morgan fingerprint density at radius 3 is 2.36 bits per heavy atom. The van der Waals surface area contributed by atoms with E-state index in [1.165, 1.54) is 0 Å². The summed E-state index contributed by atoms with van der Waals surface area (Å²) in [6.07, 6.45) is 3.73. The Hall–Kier alpha value is -0.180. The third-order valence-corrected chi connectivity index (χ3v) is 2.50. The van der Waals surface area contributed by atoms with E-state index in [9.17, 15) is 4.21 Å². The van der Waals surface area contributed by atoms with E-state index in [2.05, 4.69) is 11.3 Å². The van der Waals surface area contributed by atoms with Crippen molar-refractivity contribution in [2.24, 2.45) is 4.40 Å². The number of unbranched alkanes of at least 4 members (excludes halogenated alkanes) is 1. The molecular weight excluding hydrogens is 158 g/mol. The number of hydrogen-bond donors (Lipinski definition) is 0. The predicted octanol–water partition coefficient (Wildman–Crippen LogP) is 2.32. The second kappa shape index (κ2) is 4.65. The number of hydrogen-bond acceptors (Lipinski definition) is 1. The van der Waals surface area contributed by atoms with Gasteiger partial charge in [0.2, 0.25) is 0 Å². The molecule has 2 nitrogen and oxygen atoms in total. The standard InChI is InChI=1S/C8H17NOS/c1-5-6-7-9-11(10)8(2,3)4/h7H,5-6H2,1-4H3/b9-7+. The van der Waals surface area contributed by atoms with E-state index >= 15 is 0 Å². The molecule has 0 saturated heterocycles. The van der Waals surface area contributed by atoms with Gasteiger partial charge in [-0.05, 0) is 27.2 Å². The van der Waals surface area contributed by atoms with Gasteiger partial charge in [-0.25, -0.2) is 4.21 Å². The van der Waals surface area contributed by atoms with Crippen LogP contribution in [0.1, 0.15) is 40.5 Å². The van der Waals surface area contributed by atoms with E-state index in [1.807, 2.05) is 20.8 Å². The molecule has 0 rings (SSSR count). The second-order valence-corrected chi connectivity index (χ2v) is 5.37. The molecule has 0 radical (unpaired) electrons. The molecule has 66 valence electrons. The average Bonchev–Trinajstić information content (AvgIpc) is 1.86. The first kappa shape index (κ1) is 10.8. The predicted molar refractivity (Wildman–Crippen MR) is 51.3 cm³/mol. The van der Waals surface area contributed by atoms with E-state index < -0.39 is 11.0 Å². The highest BCUT2D eigenvalue weighted by atomic mass is 32.2. The lowest BCUT2D eigenvalue weighted by Crippen LogP contribution is -2.19. The van der Waals surface area contributed by atoms with Crippen molar-refractivity contribution in [3.63, 3.8) is 0 Å². The molecule has 0 aromatic heterocycles. The minimum Gasteiger partial charge on any atom is -0.234 e. The molecule has 0 N–H and O–H groups in total. The Labute approximate surface area is 71.7 Å². The Balaban J connectivity index is 3.88. The molecule has 0 amide bonds. The van der Waals surface area contributed by atoms with Crippen molar-refractivity contribution >= 4 is 17.2 Å². The van der Waals surface area contributed by atoms with E-state index in [-0.39, 0.29) is 4.75 Å². The van der Waals surface area contributed by atoms with Crippen molar-refractivity contribution in [3.8, 4) is 0 Å². The minimum atomic E-state index is -1.07. The molecule has 0 fully saturated rings. The van der Waals surface area contributed by atoms with Gasteiger partial charge in [0.05, 0.1) is 4.75 Å². The summed E-state index contributed by atoms with van der Waals surface area (Å²) in [5, 5.41) is 0. The van der Waals surface area contributed by atoms with Crippen molar-refractivity contribution in [2.75, 3.05) is 0 Å². The van der Waals surface area contributed by atoms with Gasteiger partial charge >= 0.3 is 0 Å². The molecule has 3 heteroatoms. The van der Waals surface area contributed by atoms with Gasteiger partial charge in [-0.3, -0.25) is 0 Å². The Morgan fingerprint density at radius 1 is 1.45 bits per heavy atom. The third-order valence-electron chi connectivity index (χ3n) is 1.11. The van der Waals surface area contributed by atoms with Gasteiger partial charge in [-0.2, -0.15) is 4.40 Å². The molecule has 1 unspecified atom stereocenters. The van der Waals surface area contributed by atoms with Crippen LogP contribution in [-0.4, -0.2) is 15.2 Å². The maximum Gasteiger partial charge on any atom is 0.144 e. The van der Waals surface area contributed by atoms with Gasteiger partial charge in [-0.1, -0.05) is 13.3 Å². The summed E-state index contributed by atoms with van der Waals surface area (Å²) in [6, 6.07) is 0. The molecule has 1 atom stereocenters. The maximum absolute atomic E-state index is 11.3. The molecule has 0 aromatic carbocycles. The largest absolute Gasteiger partial charge is 0.234 e. The Morgan fingerprint density at radius 2 is 2.00 bits per heavy atom. The average molecular weight is 175 g/mol. The molecule has 0 aliphatic heterocycles. The van der Waals surface area contributed by atoms with Crippen LogP contribution in [0.4, 0.5) is 0 Å². The van der Waals surface area contributed by atoms with Crippen LogP contribution in [0.25, 0.3) is 0 Å². The lowest BCUT2D eigenvalue weighted by molar-refractivity contribution is 0.650. The SMILES string of the molecule is CCC/C=N/S(=O)C(C)(C)C. The zero-order valence-corrected chi connectivity index (χ0v) is 8.57. The monoisotopic (exact) mass is 175 g/mol. The van der Waals surface area contributed by atoms with Gasteiger partial charge < -0.3 is 0 Å². The maximum atomic E-state index is 11.3. The van der Waals surface area contributed by atoms with Crippen molar-refractivity contribution in [1.82, 2.24) is 0 Å². The quantitative estimate of drug-likeness (QED) is 0.605. The van der Waals surface area contributed by atoms with Crippen LogP contribution in [-0.2, 0) is 11.0 Å². The highest BCUT2D eigenvalue weighted by Crippen LogP contribution is 2.11. The van der Waals surface area contributed by atoms with Crippen LogP contribution in [0.2, 0.25) is 0 Å². The normalized spacial score (nSPS) is 15.6. The summed E-state index contributed by atoms with van der Waals surface area (Å²) in [5.41, 5.74) is 0. The van der Waals surface area contributed by atoms with Crippen molar-refractivity contribution in [3.05, 3.63) is 0 Å². The fourth-order valence-corrected chi connectivity index (χ4v) is 0.965. The molecule has 0 aliphatic rings. The molecule has 0 saturated carbocycles. The molecule has 11 heavy (non-hydrogen) atoms. The van der Waals surface area contributed by atoms with Gasteiger partial charge in [-0.15, -0.1) is 0 Å². The number of nitrogens with zero attached hydrogens (tertiary/aromatic N) is 1. The number of rotatable bonds is 3. The van der Waals surface area contributed by atoms with Crippen molar-refractivity contribution in [2.45, 2.75) is 45.3 Å². The summed E-state index contributed by atoms with van der Waals surface area (Å²) in [6.45, 7) is 7.84. The highest BCUT2D eigenvalue weighted by Gasteiger charge is 2.17. The molecule has 0 heterocycles. The second-order valence-electron chi connectivity index (χ2n) is 3.44. The molecule has 0 spiro atoms. The summed E-state index contributed by atoms with van der Waals surface area (Å²) in [5.74, 6) is 0. The summed E-state index contributed by atoms with van der Waals surface area (Å²) < 4.78 is 15.0. The molecule has 0 aliphatic carbocycles. The first-order chi connectivity index (χ1) is 4.98. The Kier molecular flexibility index (Phi) is 4.57. The first-order valence-corrected chi connectivity index (χ1v) is 5.03. The molecule has 0 bridgehead atoms. The van der Waals surface area contributed by atoms with Gasteiger partial charge in [0.15, 0.2) is 0 Å². The van der Waals surface area contributed by atoms with Gasteiger partial charge in [0, 0.05) is 6.21 Å². The summed E-state index contributed by atoms with van der Waals surface area (Å²) >= 11 is 0. The van der Waals surface area contributed by atoms with Crippen LogP contribution in [0.3, 0.4) is 0 Å². The summed E-state index contributed by atoms with van der Waals surface area (Å²) in [4.78, 5) is 0. The van der Waals surface area contributed by atoms with E-state index in [0.29, 0.717) is 0 Å². The van der Waals surface area contributed by atoms with E-state index in [1.54, 1.807) is 6.21 Å². The fraction of sp³-hybridized carbons (Fsp3) is 0.875. The minimum absolute atomic E-state index is 0.218. The Bertz CT molecular complexity index is 158. The zero-order valence-electron chi connectivity index (χ0n) is 7.76. The van der Waals surface area contributed by atoms with Crippen molar-refractivity contribution < 1.29 is 4.21 Å². The smallest absolute Gasteiger partial charge is 0.144 e.